The molecule has 0 radical (unpaired) electrons. The highest BCUT2D eigenvalue weighted by Crippen LogP contribution is 2.23. The van der Waals surface area contributed by atoms with E-state index >= 15 is 0 Å². The first-order chi connectivity index (χ1) is 10.0. The Hall–Kier alpha value is -1.47. The summed E-state index contributed by atoms with van der Waals surface area (Å²) in [6.07, 6.45) is 0. The van der Waals surface area contributed by atoms with Crippen LogP contribution in [0.4, 0.5) is 22.0 Å². The van der Waals surface area contributed by atoms with Gasteiger partial charge in [0.1, 0.15) is 5.82 Å². The number of hydrogen-bond donors (Lipinski definition) is 1. The minimum atomic E-state index is -0.335. The van der Waals surface area contributed by atoms with Crippen LogP contribution in [-0.2, 0) is 0 Å². The number of aromatic nitrogens is 3. The van der Waals surface area contributed by atoms with Gasteiger partial charge in [0.2, 0.25) is 17.2 Å². The number of nitrogens with one attached hydrogen (secondary N) is 1. The third-order valence-electron chi connectivity index (χ3n) is 2.82. The van der Waals surface area contributed by atoms with Gasteiger partial charge in [-0.05, 0) is 59.6 Å². The molecule has 0 spiro atoms. The SMILES string of the molecule is CCN(CC)c1nc(Cl)nc(Nc2ccc(F)c(Br)c2)n1. The fourth-order valence-corrected chi connectivity index (χ4v) is 2.28. The molecule has 1 heterocycles. The van der Waals surface area contributed by atoms with Crippen LogP contribution in [0.5, 0.6) is 0 Å². The van der Waals surface area contributed by atoms with Gasteiger partial charge in [-0.1, -0.05) is 0 Å². The molecule has 1 N–H and O–H groups in total. The second-order valence-electron chi connectivity index (χ2n) is 4.15. The first kappa shape index (κ1) is 15.9. The standard InChI is InChI=1S/C13H14BrClFN5/c1-3-21(4-2)13-19-11(15)18-12(20-13)17-8-5-6-10(16)9(14)7-8/h5-7H,3-4H2,1-2H3,(H,17,18,19,20). The van der Waals surface area contributed by atoms with Crippen molar-refractivity contribution < 1.29 is 4.39 Å². The molecule has 1 aromatic carbocycles. The van der Waals surface area contributed by atoms with E-state index in [1.807, 2.05) is 18.7 Å². The number of rotatable bonds is 5. The van der Waals surface area contributed by atoms with Crippen LogP contribution in [0.1, 0.15) is 13.8 Å². The molecule has 112 valence electrons. The van der Waals surface area contributed by atoms with Gasteiger partial charge in [-0.15, -0.1) is 0 Å². The summed E-state index contributed by atoms with van der Waals surface area (Å²) >= 11 is 9.06. The van der Waals surface area contributed by atoms with Gasteiger partial charge in [0.15, 0.2) is 0 Å². The summed E-state index contributed by atoms with van der Waals surface area (Å²) in [6.45, 7) is 5.54. The molecule has 0 aliphatic heterocycles. The lowest BCUT2D eigenvalue weighted by molar-refractivity contribution is 0.621. The highest BCUT2D eigenvalue weighted by atomic mass is 79.9. The topological polar surface area (TPSA) is 53.9 Å². The van der Waals surface area contributed by atoms with Crippen molar-refractivity contribution in [2.45, 2.75) is 13.8 Å². The molecular weight excluding hydrogens is 361 g/mol. The molecule has 0 saturated heterocycles. The Morgan fingerprint density at radius 1 is 1.24 bits per heavy atom. The fourth-order valence-electron chi connectivity index (χ4n) is 1.75. The summed E-state index contributed by atoms with van der Waals surface area (Å²) in [7, 11) is 0. The van der Waals surface area contributed by atoms with E-state index in [9.17, 15) is 4.39 Å². The minimum absolute atomic E-state index is 0.107. The average molecular weight is 375 g/mol. The van der Waals surface area contributed by atoms with Crippen LogP contribution in [0, 0.1) is 5.82 Å². The van der Waals surface area contributed by atoms with E-state index in [1.54, 1.807) is 12.1 Å². The number of halogens is 3. The van der Waals surface area contributed by atoms with Crippen LogP contribution >= 0.6 is 27.5 Å². The first-order valence-electron chi connectivity index (χ1n) is 6.42. The van der Waals surface area contributed by atoms with Gasteiger partial charge in [0.25, 0.3) is 0 Å². The Kier molecular flexibility index (Phi) is 5.30. The maximum Gasteiger partial charge on any atom is 0.233 e. The molecule has 8 heteroatoms. The smallest absolute Gasteiger partial charge is 0.233 e. The second-order valence-corrected chi connectivity index (χ2v) is 5.35. The molecule has 5 nitrogen and oxygen atoms in total. The van der Waals surface area contributed by atoms with E-state index in [1.165, 1.54) is 6.07 Å². The van der Waals surface area contributed by atoms with E-state index in [0.29, 0.717) is 22.1 Å². The molecule has 0 fully saturated rings. The average Bonchev–Trinajstić information content (AvgIpc) is 2.44. The van der Waals surface area contributed by atoms with Gasteiger partial charge < -0.3 is 10.2 Å². The number of hydrogen-bond acceptors (Lipinski definition) is 5. The zero-order valence-corrected chi connectivity index (χ0v) is 13.9. The quantitative estimate of drug-likeness (QED) is 0.857. The molecule has 21 heavy (non-hydrogen) atoms. The van der Waals surface area contributed by atoms with Crippen molar-refractivity contribution in [1.82, 2.24) is 15.0 Å². The first-order valence-corrected chi connectivity index (χ1v) is 7.59. The zero-order valence-electron chi connectivity index (χ0n) is 11.6. The van der Waals surface area contributed by atoms with Crippen molar-refractivity contribution >= 4 is 45.1 Å². The van der Waals surface area contributed by atoms with Crippen LogP contribution in [0.2, 0.25) is 5.28 Å². The lowest BCUT2D eigenvalue weighted by Crippen LogP contribution is -2.24. The normalized spacial score (nSPS) is 10.5. The van der Waals surface area contributed by atoms with Crippen molar-refractivity contribution in [2.24, 2.45) is 0 Å². The van der Waals surface area contributed by atoms with Crippen LogP contribution in [0.3, 0.4) is 0 Å². The molecule has 1 aromatic heterocycles. The Morgan fingerprint density at radius 2 is 1.95 bits per heavy atom. The van der Waals surface area contributed by atoms with Gasteiger partial charge >= 0.3 is 0 Å². The molecule has 0 saturated carbocycles. The van der Waals surface area contributed by atoms with E-state index < -0.39 is 0 Å². The van der Waals surface area contributed by atoms with Crippen LogP contribution < -0.4 is 10.2 Å². The van der Waals surface area contributed by atoms with E-state index in [4.69, 9.17) is 11.6 Å². The molecule has 2 rings (SSSR count). The third kappa shape index (κ3) is 4.01. The van der Waals surface area contributed by atoms with Crippen LogP contribution in [0.25, 0.3) is 0 Å². The molecule has 0 atom stereocenters. The van der Waals surface area contributed by atoms with Gasteiger partial charge in [-0.2, -0.15) is 15.0 Å². The van der Waals surface area contributed by atoms with Gasteiger partial charge in [0, 0.05) is 18.8 Å². The van der Waals surface area contributed by atoms with Crippen molar-refractivity contribution in [3.63, 3.8) is 0 Å². The number of nitrogens with zero attached hydrogens (tertiary/aromatic N) is 4. The third-order valence-corrected chi connectivity index (χ3v) is 3.60. The predicted molar refractivity (Wildman–Crippen MR) is 85.8 cm³/mol. The highest BCUT2D eigenvalue weighted by Gasteiger charge is 2.10. The van der Waals surface area contributed by atoms with Crippen molar-refractivity contribution in [3.05, 3.63) is 33.8 Å². The predicted octanol–water partition coefficient (Wildman–Crippen LogP) is 4.02. The number of benzene rings is 1. The van der Waals surface area contributed by atoms with Gasteiger partial charge in [-0.25, -0.2) is 4.39 Å². The Bertz CT molecular complexity index is 636. The molecule has 0 aliphatic carbocycles. The van der Waals surface area contributed by atoms with Crippen molar-refractivity contribution in [3.8, 4) is 0 Å². The maximum absolute atomic E-state index is 13.2. The molecule has 0 bridgehead atoms. The molecule has 0 aliphatic rings. The lowest BCUT2D eigenvalue weighted by atomic mass is 10.3. The van der Waals surface area contributed by atoms with Crippen molar-refractivity contribution in [2.75, 3.05) is 23.3 Å². The Labute approximate surface area is 135 Å². The van der Waals surface area contributed by atoms with E-state index in [-0.39, 0.29) is 11.1 Å². The van der Waals surface area contributed by atoms with Gasteiger partial charge in [0.05, 0.1) is 4.47 Å². The summed E-state index contributed by atoms with van der Waals surface area (Å²) in [5.41, 5.74) is 0.649. The minimum Gasteiger partial charge on any atom is -0.341 e. The maximum atomic E-state index is 13.2. The fraction of sp³-hybridized carbons (Fsp3) is 0.308. The molecule has 2 aromatic rings. The molecule has 0 unspecified atom stereocenters. The number of anilines is 3. The molecular formula is C13H14BrClFN5. The van der Waals surface area contributed by atoms with E-state index in [0.717, 1.165) is 13.1 Å². The summed E-state index contributed by atoms with van der Waals surface area (Å²) in [4.78, 5) is 14.4. The second kappa shape index (κ2) is 7.00. The summed E-state index contributed by atoms with van der Waals surface area (Å²) < 4.78 is 13.6. The van der Waals surface area contributed by atoms with Gasteiger partial charge in [-0.3, -0.25) is 0 Å². The van der Waals surface area contributed by atoms with Crippen molar-refractivity contribution in [1.29, 1.82) is 0 Å². The summed E-state index contributed by atoms with van der Waals surface area (Å²) in [5, 5.41) is 3.09. The lowest BCUT2D eigenvalue weighted by Gasteiger charge is -2.18. The Morgan fingerprint density at radius 3 is 2.57 bits per heavy atom. The highest BCUT2D eigenvalue weighted by molar-refractivity contribution is 9.10. The van der Waals surface area contributed by atoms with Crippen LogP contribution in [-0.4, -0.2) is 28.0 Å². The summed E-state index contributed by atoms with van der Waals surface area (Å²) in [5.74, 6) is 0.483. The van der Waals surface area contributed by atoms with Crippen LogP contribution in [0.15, 0.2) is 22.7 Å². The summed E-state index contributed by atoms with van der Waals surface area (Å²) in [6, 6.07) is 4.54. The Balaban J connectivity index is 2.29. The largest absolute Gasteiger partial charge is 0.341 e. The monoisotopic (exact) mass is 373 g/mol. The zero-order chi connectivity index (χ0) is 15.4. The van der Waals surface area contributed by atoms with E-state index in [2.05, 4.69) is 36.2 Å². The molecule has 0 amide bonds.